The van der Waals surface area contributed by atoms with Crippen LogP contribution in [0.1, 0.15) is 40.6 Å². The number of amides is 1. The molecule has 1 saturated carbocycles. The van der Waals surface area contributed by atoms with Crippen LogP contribution in [0.4, 0.5) is 5.82 Å². The van der Waals surface area contributed by atoms with E-state index in [0.717, 1.165) is 17.9 Å². The SMILES string of the molecule is CN(C)Cc1cc(NC(=O)c2cc(C3CC3)nn2C)n[nH]1. The molecule has 0 unspecified atom stereocenters. The minimum atomic E-state index is -0.181. The smallest absolute Gasteiger partial charge is 0.275 e. The van der Waals surface area contributed by atoms with E-state index in [1.54, 1.807) is 11.7 Å². The number of hydrogen-bond donors (Lipinski definition) is 2. The monoisotopic (exact) mass is 288 g/mol. The Labute approximate surface area is 123 Å². The predicted molar refractivity (Wildman–Crippen MR) is 79.1 cm³/mol. The first-order chi connectivity index (χ1) is 10.0. The van der Waals surface area contributed by atoms with Gasteiger partial charge in [-0.3, -0.25) is 14.6 Å². The topological polar surface area (TPSA) is 78.8 Å². The first-order valence-corrected chi connectivity index (χ1v) is 7.07. The van der Waals surface area contributed by atoms with Crippen molar-refractivity contribution in [3.8, 4) is 0 Å². The predicted octanol–water partition coefficient (Wildman–Crippen LogP) is 1.33. The molecule has 1 amide bonds. The second kappa shape index (κ2) is 5.33. The molecule has 7 nitrogen and oxygen atoms in total. The first-order valence-electron chi connectivity index (χ1n) is 7.07. The Balaban J connectivity index is 1.69. The molecule has 2 aromatic heterocycles. The maximum absolute atomic E-state index is 12.3. The van der Waals surface area contributed by atoms with Crippen LogP contribution in [-0.4, -0.2) is 44.9 Å². The fourth-order valence-corrected chi connectivity index (χ4v) is 2.31. The minimum absolute atomic E-state index is 0.181. The van der Waals surface area contributed by atoms with Crippen molar-refractivity contribution >= 4 is 11.7 Å². The molecule has 0 bridgehead atoms. The van der Waals surface area contributed by atoms with Crippen LogP contribution in [0.2, 0.25) is 0 Å². The van der Waals surface area contributed by atoms with Crippen LogP contribution in [0, 0.1) is 0 Å². The van der Waals surface area contributed by atoms with Crippen LogP contribution < -0.4 is 5.32 Å². The Morgan fingerprint density at radius 3 is 2.90 bits per heavy atom. The Bertz CT molecular complexity index is 652. The second-order valence-electron chi connectivity index (χ2n) is 5.82. The van der Waals surface area contributed by atoms with Crippen LogP contribution >= 0.6 is 0 Å². The first kappa shape index (κ1) is 13.8. The van der Waals surface area contributed by atoms with Gasteiger partial charge in [-0.1, -0.05) is 0 Å². The molecule has 3 rings (SSSR count). The summed E-state index contributed by atoms with van der Waals surface area (Å²) in [5.41, 5.74) is 2.53. The van der Waals surface area contributed by atoms with E-state index in [2.05, 4.69) is 20.6 Å². The van der Waals surface area contributed by atoms with Gasteiger partial charge in [0.25, 0.3) is 5.91 Å². The van der Waals surface area contributed by atoms with E-state index in [1.807, 2.05) is 31.1 Å². The molecular formula is C14H20N6O. The van der Waals surface area contributed by atoms with Gasteiger partial charge in [-0.2, -0.15) is 10.2 Å². The highest BCUT2D eigenvalue weighted by Gasteiger charge is 2.28. The highest BCUT2D eigenvalue weighted by molar-refractivity contribution is 6.02. The lowest BCUT2D eigenvalue weighted by Crippen LogP contribution is -2.16. The van der Waals surface area contributed by atoms with Gasteiger partial charge in [0.2, 0.25) is 0 Å². The number of anilines is 1. The van der Waals surface area contributed by atoms with Crippen LogP contribution in [-0.2, 0) is 13.6 Å². The fraction of sp³-hybridized carbons (Fsp3) is 0.500. The number of hydrogen-bond acceptors (Lipinski definition) is 4. The maximum Gasteiger partial charge on any atom is 0.275 e. The van der Waals surface area contributed by atoms with Crippen LogP contribution in [0.15, 0.2) is 12.1 Å². The molecule has 21 heavy (non-hydrogen) atoms. The molecule has 0 aliphatic heterocycles. The van der Waals surface area contributed by atoms with Gasteiger partial charge < -0.3 is 10.2 Å². The van der Waals surface area contributed by atoms with Crippen molar-refractivity contribution in [3.63, 3.8) is 0 Å². The Morgan fingerprint density at radius 2 is 2.24 bits per heavy atom. The van der Waals surface area contributed by atoms with Crippen molar-refractivity contribution in [1.82, 2.24) is 24.9 Å². The maximum atomic E-state index is 12.3. The molecular weight excluding hydrogens is 268 g/mol. The average Bonchev–Trinajstić information content (AvgIpc) is 3.06. The van der Waals surface area contributed by atoms with Crippen molar-refractivity contribution in [2.45, 2.75) is 25.3 Å². The molecule has 2 N–H and O–H groups in total. The van der Waals surface area contributed by atoms with E-state index in [-0.39, 0.29) is 5.91 Å². The third-order valence-electron chi connectivity index (χ3n) is 3.49. The summed E-state index contributed by atoms with van der Waals surface area (Å²) in [4.78, 5) is 14.3. The van der Waals surface area contributed by atoms with E-state index in [9.17, 15) is 4.79 Å². The number of aryl methyl sites for hydroxylation is 1. The van der Waals surface area contributed by atoms with E-state index in [0.29, 0.717) is 17.4 Å². The van der Waals surface area contributed by atoms with Crippen LogP contribution in [0.25, 0.3) is 0 Å². The van der Waals surface area contributed by atoms with Gasteiger partial charge in [0.15, 0.2) is 5.82 Å². The van der Waals surface area contributed by atoms with Crippen molar-refractivity contribution < 1.29 is 4.79 Å². The third kappa shape index (κ3) is 3.13. The van der Waals surface area contributed by atoms with E-state index in [1.165, 1.54) is 12.8 Å². The number of nitrogens with zero attached hydrogens (tertiary/aromatic N) is 4. The summed E-state index contributed by atoms with van der Waals surface area (Å²) in [6.45, 7) is 0.750. The molecule has 2 aromatic rings. The number of carbonyl (C=O) groups excluding carboxylic acids is 1. The van der Waals surface area contributed by atoms with E-state index < -0.39 is 0 Å². The summed E-state index contributed by atoms with van der Waals surface area (Å²) in [7, 11) is 5.76. The standard InChI is InChI=1S/C14H20N6O/c1-19(2)8-10-6-13(17-16-10)15-14(21)12-7-11(9-4-5-9)18-20(12)3/h6-7,9H,4-5,8H2,1-3H3,(H2,15,16,17,21). The zero-order valence-electron chi connectivity index (χ0n) is 12.6. The summed E-state index contributed by atoms with van der Waals surface area (Å²) in [5.74, 6) is 0.889. The lowest BCUT2D eigenvalue weighted by atomic mass is 10.2. The molecule has 0 saturated heterocycles. The largest absolute Gasteiger partial charge is 0.304 e. The summed E-state index contributed by atoms with van der Waals surface area (Å²) in [6, 6.07) is 3.72. The second-order valence-corrected chi connectivity index (χ2v) is 5.82. The van der Waals surface area contributed by atoms with Crippen molar-refractivity contribution in [1.29, 1.82) is 0 Å². The van der Waals surface area contributed by atoms with Gasteiger partial charge in [-0.25, -0.2) is 0 Å². The average molecular weight is 288 g/mol. The number of aromatic amines is 1. The Hall–Kier alpha value is -2.15. The van der Waals surface area contributed by atoms with Gasteiger partial charge in [0.1, 0.15) is 5.69 Å². The normalized spacial score (nSPS) is 14.7. The summed E-state index contributed by atoms with van der Waals surface area (Å²) < 4.78 is 1.64. The van der Waals surface area contributed by atoms with Crippen LogP contribution in [0.3, 0.4) is 0 Å². The fourth-order valence-electron chi connectivity index (χ4n) is 2.31. The molecule has 0 radical (unpaired) electrons. The lowest BCUT2D eigenvalue weighted by Gasteiger charge is -2.05. The highest BCUT2D eigenvalue weighted by atomic mass is 16.2. The van der Waals surface area contributed by atoms with Gasteiger partial charge in [-0.05, 0) is 33.0 Å². The number of aromatic nitrogens is 4. The number of rotatable bonds is 5. The van der Waals surface area contributed by atoms with Crippen LogP contribution in [0.5, 0.6) is 0 Å². The number of nitrogens with one attached hydrogen (secondary N) is 2. The molecule has 1 aliphatic rings. The highest BCUT2D eigenvalue weighted by Crippen LogP contribution is 2.39. The van der Waals surface area contributed by atoms with Gasteiger partial charge in [0.05, 0.1) is 11.4 Å². The van der Waals surface area contributed by atoms with Gasteiger partial charge in [-0.15, -0.1) is 0 Å². The molecule has 0 atom stereocenters. The third-order valence-corrected chi connectivity index (χ3v) is 3.49. The number of carbonyl (C=O) groups is 1. The molecule has 0 aromatic carbocycles. The molecule has 112 valence electrons. The summed E-state index contributed by atoms with van der Waals surface area (Å²) in [5, 5.41) is 14.2. The van der Waals surface area contributed by atoms with Crippen molar-refractivity contribution in [3.05, 3.63) is 29.2 Å². The minimum Gasteiger partial charge on any atom is -0.304 e. The Kier molecular flexibility index (Phi) is 3.50. The van der Waals surface area contributed by atoms with Crippen molar-refractivity contribution in [2.24, 2.45) is 7.05 Å². The summed E-state index contributed by atoms with van der Waals surface area (Å²) >= 11 is 0. The molecule has 2 heterocycles. The van der Waals surface area contributed by atoms with E-state index in [4.69, 9.17) is 0 Å². The van der Waals surface area contributed by atoms with E-state index >= 15 is 0 Å². The van der Waals surface area contributed by atoms with Crippen molar-refractivity contribution in [2.75, 3.05) is 19.4 Å². The van der Waals surface area contributed by atoms with Gasteiger partial charge >= 0.3 is 0 Å². The molecule has 1 aliphatic carbocycles. The quantitative estimate of drug-likeness (QED) is 0.870. The number of H-pyrrole nitrogens is 1. The zero-order chi connectivity index (χ0) is 15.0. The molecule has 7 heteroatoms. The van der Waals surface area contributed by atoms with Gasteiger partial charge in [0, 0.05) is 25.6 Å². The molecule has 1 fully saturated rings. The Morgan fingerprint density at radius 1 is 1.48 bits per heavy atom. The molecule has 0 spiro atoms. The summed E-state index contributed by atoms with van der Waals surface area (Å²) in [6.07, 6.45) is 2.34. The lowest BCUT2D eigenvalue weighted by molar-refractivity contribution is 0.101. The zero-order valence-corrected chi connectivity index (χ0v) is 12.6.